The summed E-state index contributed by atoms with van der Waals surface area (Å²) >= 11 is 1.39. The third-order valence-corrected chi connectivity index (χ3v) is 3.55. The summed E-state index contributed by atoms with van der Waals surface area (Å²) in [6.45, 7) is 3.83. The average Bonchev–Trinajstić information content (AvgIpc) is 2.37. The molecule has 0 aromatic heterocycles. The van der Waals surface area contributed by atoms with Gasteiger partial charge in [0, 0.05) is 12.7 Å². The lowest BCUT2D eigenvalue weighted by Gasteiger charge is -2.00. The Morgan fingerprint density at radius 3 is 2.61 bits per heavy atom. The monoisotopic (exact) mass is 262 g/mol. The van der Waals surface area contributed by atoms with Crippen LogP contribution < -0.4 is 0 Å². The van der Waals surface area contributed by atoms with Crippen molar-refractivity contribution in [2.45, 2.75) is 39.5 Å². The first-order chi connectivity index (χ1) is 8.72. The number of benzene rings is 1. The van der Waals surface area contributed by atoms with Crippen molar-refractivity contribution in [3.8, 4) is 0 Å². The lowest BCUT2D eigenvalue weighted by atomic mass is 10.1. The third-order valence-electron chi connectivity index (χ3n) is 2.70. The predicted molar refractivity (Wildman–Crippen MR) is 81.8 cm³/mol. The van der Waals surface area contributed by atoms with Crippen LogP contribution in [-0.4, -0.2) is 10.9 Å². The number of aryl methyl sites for hydroxylation is 1. The van der Waals surface area contributed by atoms with Gasteiger partial charge in [-0.25, -0.2) is 0 Å². The number of rotatable bonds is 7. The van der Waals surface area contributed by atoms with Crippen LogP contribution in [0, 0.1) is 0 Å². The number of carbonyl (C=O) groups is 1. The number of unbranched alkanes of at least 4 members (excludes halogenated alkanes) is 1. The van der Waals surface area contributed by atoms with Gasteiger partial charge in [-0.05, 0) is 30.4 Å². The molecular weight excluding hydrogens is 240 g/mol. The van der Waals surface area contributed by atoms with E-state index in [9.17, 15) is 4.79 Å². The van der Waals surface area contributed by atoms with Gasteiger partial charge in [-0.3, -0.25) is 4.79 Å². The number of carbonyl (C=O) groups excluding carboxylic acids is 1. The smallest absolute Gasteiger partial charge is 0.185 e. The second kappa shape index (κ2) is 8.98. The zero-order valence-corrected chi connectivity index (χ0v) is 12.1. The minimum absolute atomic E-state index is 0.198. The molecule has 0 amide bonds. The maximum Gasteiger partial charge on any atom is 0.185 e. The van der Waals surface area contributed by atoms with Crippen LogP contribution in [0.2, 0.25) is 0 Å². The number of hydrogen-bond acceptors (Lipinski definition) is 2. The molecule has 0 spiro atoms. The van der Waals surface area contributed by atoms with Gasteiger partial charge in [-0.2, -0.15) is 0 Å². The molecule has 0 aliphatic heterocycles. The molecule has 98 valence electrons. The molecule has 0 N–H and O–H groups in total. The van der Waals surface area contributed by atoms with Crippen LogP contribution in [0.3, 0.4) is 0 Å². The van der Waals surface area contributed by atoms with Crippen LogP contribution in [0.25, 0.3) is 6.08 Å². The molecule has 1 nitrogen and oxygen atoms in total. The van der Waals surface area contributed by atoms with Crippen molar-refractivity contribution in [1.29, 1.82) is 0 Å². The summed E-state index contributed by atoms with van der Waals surface area (Å²) in [5.41, 5.74) is 2.66. The molecule has 0 atom stereocenters. The summed E-state index contributed by atoms with van der Waals surface area (Å²) in [4.78, 5) is 10.7. The summed E-state index contributed by atoms with van der Waals surface area (Å²) < 4.78 is 0. The molecule has 1 aromatic carbocycles. The van der Waals surface area contributed by atoms with Crippen molar-refractivity contribution < 1.29 is 4.79 Å². The second-order valence-electron chi connectivity index (χ2n) is 4.38. The van der Waals surface area contributed by atoms with E-state index < -0.39 is 0 Å². The van der Waals surface area contributed by atoms with Crippen LogP contribution in [0.4, 0.5) is 0 Å². The van der Waals surface area contributed by atoms with E-state index >= 15 is 0 Å². The molecule has 0 aliphatic carbocycles. The van der Waals surface area contributed by atoms with Gasteiger partial charge in [0.1, 0.15) is 0 Å². The molecule has 18 heavy (non-hydrogen) atoms. The highest BCUT2D eigenvalue weighted by Gasteiger charge is 1.93. The Hall–Kier alpha value is -1.02. The maximum atomic E-state index is 10.7. The molecule has 0 fully saturated rings. The van der Waals surface area contributed by atoms with Gasteiger partial charge in [-0.15, -0.1) is 0 Å². The fourth-order valence-corrected chi connectivity index (χ4v) is 2.21. The third kappa shape index (κ3) is 6.65. The molecule has 2 heteroatoms. The van der Waals surface area contributed by atoms with E-state index in [1.54, 1.807) is 6.92 Å². The average molecular weight is 262 g/mol. The lowest BCUT2D eigenvalue weighted by Crippen LogP contribution is -1.85. The van der Waals surface area contributed by atoms with E-state index in [0.29, 0.717) is 0 Å². The minimum atomic E-state index is 0.198. The standard InChI is InChI=1S/C16H22OS/c1-3-4-7-15-9-11-16(12-10-15)8-5-6-13-18-14(2)17/h5,8-12H,3-4,6-7,13H2,1-2H3. The van der Waals surface area contributed by atoms with E-state index in [1.807, 2.05) is 0 Å². The van der Waals surface area contributed by atoms with Gasteiger partial charge in [0.05, 0.1) is 0 Å². The van der Waals surface area contributed by atoms with E-state index in [4.69, 9.17) is 0 Å². The molecule has 0 radical (unpaired) electrons. The Labute approximate surface area is 115 Å². The maximum absolute atomic E-state index is 10.7. The Kier molecular flexibility index (Phi) is 7.51. The summed E-state index contributed by atoms with van der Waals surface area (Å²) in [7, 11) is 0. The summed E-state index contributed by atoms with van der Waals surface area (Å²) in [5.74, 6) is 0.875. The lowest BCUT2D eigenvalue weighted by molar-refractivity contribution is -0.109. The van der Waals surface area contributed by atoms with Gasteiger partial charge < -0.3 is 0 Å². The summed E-state index contributed by atoms with van der Waals surface area (Å²) in [6, 6.07) is 8.75. The molecule has 0 unspecified atom stereocenters. The van der Waals surface area contributed by atoms with Crippen molar-refractivity contribution in [2.75, 3.05) is 5.75 Å². The van der Waals surface area contributed by atoms with E-state index in [2.05, 4.69) is 43.3 Å². The van der Waals surface area contributed by atoms with Crippen molar-refractivity contribution in [1.82, 2.24) is 0 Å². The van der Waals surface area contributed by atoms with Crippen LogP contribution >= 0.6 is 11.8 Å². The molecular formula is C16H22OS. The molecule has 0 saturated heterocycles. The Morgan fingerprint density at radius 1 is 1.28 bits per heavy atom. The van der Waals surface area contributed by atoms with Crippen LogP contribution in [0.15, 0.2) is 30.3 Å². The normalized spacial score (nSPS) is 11.0. The van der Waals surface area contributed by atoms with E-state index in [1.165, 1.54) is 42.2 Å². The molecule has 1 rings (SSSR count). The van der Waals surface area contributed by atoms with Crippen molar-refractivity contribution in [3.05, 3.63) is 41.5 Å². The quantitative estimate of drug-likeness (QED) is 0.662. The number of allylic oxidation sites excluding steroid dienone is 1. The molecule has 0 aliphatic rings. The van der Waals surface area contributed by atoms with Gasteiger partial charge in [0.15, 0.2) is 5.12 Å². The first-order valence-corrected chi connectivity index (χ1v) is 7.59. The van der Waals surface area contributed by atoms with Crippen LogP contribution in [0.5, 0.6) is 0 Å². The van der Waals surface area contributed by atoms with Gasteiger partial charge in [-0.1, -0.05) is 61.5 Å². The minimum Gasteiger partial charge on any atom is -0.288 e. The van der Waals surface area contributed by atoms with Crippen LogP contribution in [-0.2, 0) is 11.2 Å². The SMILES string of the molecule is CCCCc1ccc(C=CCCSC(C)=O)cc1. The number of hydrogen-bond donors (Lipinski definition) is 0. The topological polar surface area (TPSA) is 17.1 Å². The molecule has 0 bridgehead atoms. The zero-order valence-electron chi connectivity index (χ0n) is 11.3. The van der Waals surface area contributed by atoms with Crippen LogP contribution in [0.1, 0.15) is 44.2 Å². The number of thioether (sulfide) groups is 1. The molecule has 0 heterocycles. The first-order valence-electron chi connectivity index (χ1n) is 6.61. The van der Waals surface area contributed by atoms with Gasteiger partial charge >= 0.3 is 0 Å². The van der Waals surface area contributed by atoms with Crippen molar-refractivity contribution in [2.24, 2.45) is 0 Å². The highest BCUT2D eigenvalue weighted by molar-refractivity contribution is 8.13. The van der Waals surface area contributed by atoms with Crippen molar-refractivity contribution in [3.63, 3.8) is 0 Å². The highest BCUT2D eigenvalue weighted by atomic mass is 32.2. The summed E-state index contributed by atoms with van der Waals surface area (Å²) in [6.07, 6.45) is 8.89. The molecule has 0 saturated carbocycles. The van der Waals surface area contributed by atoms with E-state index in [-0.39, 0.29) is 5.12 Å². The largest absolute Gasteiger partial charge is 0.288 e. The van der Waals surface area contributed by atoms with Crippen molar-refractivity contribution >= 4 is 23.0 Å². The highest BCUT2D eigenvalue weighted by Crippen LogP contribution is 2.10. The Bertz CT molecular complexity index is 379. The first kappa shape index (κ1) is 15.0. The Morgan fingerprint density at radius 2 is 2.00 bits per heavy atom. The Balaban J connectivity index is 2.33. The summed E-state index contributed by atoms with van der Waals surface area (Å²) in [5, 5.41) is 0.198. The van der Waals surface area contributed by atoms with E-state index in [0.717, 1.165) is 12.2 Å². The van der Waals surface area contributed by atoms with Gasteiger partial charge in [0.2, 0.25) is 0 Å². The fourth-order valence-electron chi connectivity index (χ4n) is 1.67. The second-order valence-corrected chi connectivity index (χ2v) is 5.65. The van der Waals surface area contributed by atoms with Gasteiger partial charge in [0.25, 0.3) is 0 Å². The fraction of sp³-hybridized carbons (Fsp3) is 0.438. The molecule has 1 aromatic rings. The predicted octanol–water partition coefficient (Wildman–Crippen LogP) is 4.71. The zero-order chi connectivity index (χ0) is 13.2.